The van der Waals surface area contributed by atoms with Crippen molar-refractivity contribution in [3.8, 4) is 0 Å². The molecule has 0 aromatic rings. The summed E-state index contributed by atoms with van der Waals surface area (Å²) in [6.07, 6.45) is -0.186. The second-order valence-electron chi connectivity index (χ2n) is 4.35. The van der Waals surface area contributed by atoms with E-state index in [1.54, 1.807) is 6.92 Å². The summed E-state index contributed by atoms with van der Waals surface area (Å²) in [6.45, 7) is 3.24. The highest BCUT2D eigenvalue weighted by atomic mass is 35.5. The normalized spacial score (nSPS) is 29.4. The van der Waals surface area contributed by atoms with Crippen LogP contribution in [-0.4, -0.2) is 42.6 Å². The number of nitrogens with one attached hydrogen (secondary N) is 1. The maximum Gasteiger partial charge on any atom is 0.171 e. The van der Waals surface area contributed by atoms with Crippen LogP contribution in [-0.2, 0) is 4.74 Å². The van der Waals surface area contributed by atoms with Crippen molar-refractivity contribution < 1.29 is 14.2 Å². The van der Waals surface area contributed by atoms with E-state index in [1.165, 1.54) is 7.11 Å². The monoisotopic (exact) mass is 253 g/mol. The number of hydrogen-bond acceptors (Lipinski definition) is 3. The zero-order chi connectivity index (χ0) is 12.2. The van der Waals surface area contributed by atoms with E-state index >= 15 is 0 Å². The molecule has 1 saturated heterocycles. The first kappa shape index (κ1) is 14.2. The lowest BCUT2D eigenvalue weighted by Crippen LogP contribution is -2.53. The van der Waals surface area contributed by atoms with Crippen LogP contribution in [0.5, 0.6) is 0 Å². The molecule has 1 rings (SSSR count). The maximum atomic E-state index is 13.7. The maximum absolute atomic E-state index is 13.7. The highest BCUT2D eigenvalue weighted by Gasteiger charge is 2.46. The molecule has 4 atom stereocenters. The lowest BCUT2D eigenvalue weighted by Gasteiger charge is -2.39. The third-order valence-corrected chi connectivity index (χ3v) is 3.76. The molecule has 0 aromatic carbocycles. The Kier molecular flexibility index (Phi) is 5.44. The number of ether oxygens (including phenoxy) is 1. The summed E-state index contributed by atoms with van der Waals surface area (Å²) in [7, 11) is 1.39. The quantitative estimate of drug-likeness (QED) is 0.733. The molecular formula is C11H21ClFNO2. The third kappa shape index (κ3) is 3.06. The van der Waals surface area contributed by atoms with E-state index in [4.69, 9.17) is 16.3 Å². The Morgan fingerprint density at radius 1 is 1.69 bits per heavy atom. The molecule has 96 valence electrons. The van der Waals surface area contributed by atoms with Crippen LogP contribution in [0.25, 0.3) is 0 Å². The Labute approximate surface area is 101 Å². The average Bonchev–Trinajstić information content (AvgIpc) is 2.30. The minimum absolute atomic E-state index is 0.169. The molecule has 0 aromatic heterocycles. The molecule has 0 radical (unpaired) electrons. The Morgan fingerprint density at radius 3 is 2.81 bits per heavy atom. The Morgan fingerprint density at radius 2 is 2.38 bits per heavy atom. The van der Waals surface area contributed by atoms with Gasteiger partial charge in [0.05, 0.1) is 0 Å². The molecule has 1 aliphatic heterocycles. The minimum atomic E-state index is -1.63. The summed E-state index contributed by atoms with van der Waals surface area (Å²) in [6, 6.07) is 0. The molecule has 0 amide bonds. The van der Waals surface area contributed by atoms with Crippen LogP contribution < -0.4 is 5.32 Å². The molecule has 16 heavy (non-hydrogen) atoms. The Hall–Kier alpha value is 0.1000. The molecule has 1 heterocycles. The lowest BCUT2D eigenvalue weighted by atomic mass is 9.88. The van der Waals surface area contributed by atoms with Crippen LogP contribution >= 0.6 is 11.6 Å². The van der Waals surface area contributed by atoms with Gasteiger partial charge in [-0.15, -0.1) is 0 Å². The summed E-state index contributed by atoms with van der Waals surface area (Å²) in [4.78, 5) is 0. The first-order valence-corrected chi connectivity index (χ1v) is 6.20. The van der Waals surface area contributed by atoms with Gasteiger partial charge in [-0.05, 0) is 25.8 Å². The second-order valence-corrected chi connectivity index (χ2v) is 4.96. The molecule has 0 spiro atoms. The molecule has 3 unspecified atom stereocenters. The van der Waals surface area contributed by atoms with Crippen molar-refractivity contribution in [2.75, 3.05) is 20.2 Å². The van der Waals surface area contributed by atoms with Crippen molar-refractivity contribution in [2.24, 2.45) is 5.92 Å². The van der Waals surface area contributed by atoms with Crippen LogP contribution in [0.2, 0.25) is 0 Å². The van der Waals surface area contributed by atoms with Gasteiger partial charge >= 0.3 is 0 Å². The van der Waals surface area contributed by atoms with Crippen LogP contribution in [0.4, 0.5) is 4.39 Å². The largest absolute Gasteiger partial charge is 0.374 e. The number of methoxy groups -OCH3 is 1. The number of halogens is 2. The smallest absolute Gasteiger partial charge is 0.171 e. The van der Waals surface area contributed by atoms with Gasteiger partial charge in [0, 0.05) is 19.6 Å². The minimum Gasteiger partial charge on any atom is -0.374 e. The molecule has 0 saturated carbocycles. The van der Waals surface area contributed by atoms with Crippen molar-refractivity contribution in [1.82, 2.24) is 5.32 Å². The molecule has 1 aliphatic rings. The predicted octanol–water partition coefficient (Wildman–Crippen LogP) is 1.68. The van der Waals surface area contributed by atoms with Gasteiger partial charge in [0.1, 0.15) is 12.3 Å². The highest BCUT2D eigenvalue weighted by Crippen LogP contribution is 2.35. The van der Waals surface area contributed by atoms with Crippen LogP contribution in [0, 0.1) is 5.92 Å². The Bertz CT molecular complexity index is 210. The van der Waals surface area contributed by atoms with E-state index in [1.807, 2.05) is 0 Å². The van der Waals surface area contributed by atoms with E-state index in [-0.39, 0.29) is 12.3 Å². The van der Waals surface area contributed by atoms with E-state index in [9.17, 15) is 9.50 Å². The SMILES string of the molecule is CCC(F)C(OC)C(O)(Cl)[C@@H]1CCCNC1. The van der Waals surface area contributed by atoms with Crippen molar-refractivity contribution in [1.29, 1.82) is 0 Å². The van der Waals surface area contributed by atoms with Crippen LogP contribution in [0.3, 0.4) is 0 Å². The summed E-state index contributed by atoms with van der Waals surface area (Å²) in [5.41, 5.74) is 0. The van der Waals surface area contributed by atoms with Gasteiger partial charge in [0.2, 0.25) is 0 Å². The first-order valence-electron chi connectivity index (χ1n) is 5.82. The van der Waals surface area contributed by atoms with Crippen molar-refractivity contribution >= 4 is 11.6 Å². The van der Waals surface area contributed by atoms with Gasteiger partial charge in [-0.2, -0.15) is 0 Å². The summed E-state index contributed by atoms with van der Waals surface area (Å²) >= 11 is 6.11. The molecule has 5 heteroatoms. The number of piperidine rings is 1. The van der Waals surface area contributed by atoms with Crippen molar-refractivity contribution in [3.05, 3.63) is 0 Å². The molecule has 1 fully saturated rings. The number of rotatable bonds is 5. The first-order chi connectivity index (χ1) is 7.54. The van der Waals surface area contributed by atoms with Crippen LogP contribution in [0.15, 0.2) is 0 Å². The standard InChI is InChI=1S/C11H21ClFNO2/c1-3-9(13)10(16-2)11(12,15)8-5-4-6-14-7-8/h8-10,14-15H,3-7H2,1-2H3/t8-,9?,10?,11?/m1/s1. The van der Waals surface area contributed by atoms with Gasteiger partial charge in [0.15, 0.2) is 5.06 Å². The fraction of sp³-hybridized carbons (Fsp3) is 1.00. The van der Waals surface area contributed by atoms with Gasteiger partial charge < -0.3 is 15.2 Å². The molecule has 2 N–H and O–H groups in total. The molecule has 0 bridgehead atoms. The summed E-state index contributed by atoms with van der Waals surface area (Å²) in [5.74, 6) is -0.169. The second kappa shape index (κ2) is 6.15. The van der Waals surface area contributed by atoms with Crippen molar-refractivity contribution in [2.45, 2.75) is 43.5 Å². The predicted molar refractivity (Wildman–Crippen MR) is 62.4 cm³/mol. The number of hydrogen-bond donors (Lipinski definition) is 2. The lowest BCUT2D eigenvalue weighted by molar-refractivity contribution is -0.108. The fourth-order valence-electron chi connectivity index (χ4n) is 2.21. The van der Waals surface area contributed by atoms with E-state index < -0.39 is 17.3 Å². The topological polar surface area (TPSA) is 41.5 Å². The summed E-state index contributed by atoms with van der Waals surface area (Å²) < 4.78 is 18.7. The zero-order valence-electron chi connectivity index (χ0n) is 9.88. The third-order valence-electron chi connectivity index (χ3n) is 3.24. The number of alkyl halides is 2. The van der Waals surface area contributed by atoms with Gasteiger partial charge in [0.25, 0.3) is 0 Å². The van der Waals surface area contributed by atoms with Gasteiger partial charge in [-0.1, -0.05) is 18.5 Å². The zero-order valence-corrected chi connectivity index (χ0v) is 10.6. The summed E-state index contributed by atoms with van der Waals surface area (Å²) in [5, 5.41) is 11.8. The molecular weight excluding hydrogens is 233 g/mol. The van der Waals surface area contributed by atoms with Gasteiger partial charge in [-0.25, -0.2) is 4.39 Å². The van der Waals surface area contributed by atoms with Crippen molar-refractivity contribution in [3.63, 3.8) is 0 Å². The van der Waals surface area contributed by atoms with Gasteiger partial charge in [-0.3, -0.25) is 0 Å². The molecule has 3 nitrogen and oxygen atoms in total. The number of aliphatic hydroxyl groups is 1. The van der Waals surface area contributed by atoms with Crippen LogP contribution in [0.1, 0.15) is 26.2 Å². The average molecular weight is 254 g/mol. The van der Waals surface area contributed by atoms with E-state index in [0.29, 0.717) is 6.54 Å². The molecule has 0 aliphatic carbocycles. The Balaban J connectivity index is 2.71. The fourth-order valence-corrected chi connectivity index (χ4v) is 2.62. The van der Waals surface area contributed by atoms with E-state index in [2.05, 4.69) is 5.32 Å². The van der Waals surface area contributed by atoms with E-state index in [0.717, 1.165) is 19.4 Å². The highest BCUT2D eigenvalue weighted by molar-refractivity contribution is 6.23.